The molecule has 0 saturated heterocycles. The van der Waals surface area contributed by atoms with E-state index in [1.807, 2.05) is 0 Å². The van der Waals surface area contributed by atoms with Crippen LogP contribution in [0.1, 0.15) is 68.6 Å². The second-order valence-electron chi connectivity index (χ2n) is 17.9. The van der Waals surface area contributed by atoms with Gasteiger partial charge in [-0.15, -0.1) is 0 Å². The number of nitrogens with zero attached hydrogens (tertiary/aromatic N) is 1. The number of benzene rings is 9. The predicted molar refractivity (Wildman–Crippen MR) is 264 cm³/mol. The van der Waals surface area contributed by atoms with Crippen LogP contribution < -0.4 is 4.90 Å². The average Bonchev–Trinajstić information content (AvgIpc) is 3.57. The molecule has 9 aromatic rings. The van der Waals surface area contributed by atoms with Gasteiger partial charge >= 0.3 is 0 Å². The summed E-state index contributed by atoms with van der Waals surface area (Å²) in [6.07, 6.45) is 6.51. The molecule has 0 atom stereocenters. The van der Waals surface area contributed by atoms with Crippen molar-refractivity contribution < 1.29 is 0 Å². The van der Waals surface area contributed by atoms with E-state index in [0.717, 1.165) is 11.4 Å². The van der Waals surface area contributed by atoms with Gasteiger partial charge in [0.25, 0.3) is 0 Å². The summed E-state index contributed by atoms with van der Waals surface area (Å²) in [6, 6.07) is 76.8. The smallest absolute Gasteiger partial charge is 0.0540 e. The third-order valence-electron chi connectivity index (χ3n) is 13.9. The molecule has 300 valence electrons. The fourth-order valence-electron chi connectivity index (χ4n) is 10.6. The predicted octanol–water partition coefficient (Wildman–Crippen LogP) is 17.3. The van der Waals surface area contributed by atoms with Gasteiger partial charge in [0, 0.05) is 22.4 Å². The fourth-order valence-corrected chi connectivity index (χ4v) is 10.6. The van der Waals surface area contributed by atoms with E-state index in [1.165, 1.54) is 121 Å². The quantitative estimate of drug-likeness (QED) is 0.148. The molecule has 0 unspecified atom stereocenters. The Bertz CT molecular complexity index is 3030. The minimum Gasteiger partial charge on any atom is -0.310 e. The maximum Gasteiger partial charge on any atom is 0.0540 e. The molecule has 1 nitrogen and oxygen atoms in total. The van der Waals surface area contributed by atoms with Gasteiger partial charge in [0.1, 0.15) is 0 Å². The average molecular weight is 798 g/mol. The van der Waals surface area contributed by atoms with Crippen molar-refractivity contribution >= 4 is 27.8 Å². The van der Waals surface area contributed by atoms with Crippen LogP contribution >= 0.6 is 0 Å². The van der Waals surface area contributed by atoms with Crippen LogP contribution in [-0.4, -0.2) is 0 Å². The summed E-state index contributed by atoms with van der Waals surface area (Å²) in [5.41, 5.74) is 20.3. The monoisotopic (exact) mass is 797 g/mol. The zero-order valence-corrected chi connectivity index (χ0v) is 35.7. The van der Waals surface area contributed by atoms with E-state index in [-0.39, 0.29) is 5.41 Å². The molecule has 1 saturated carbocycles. The van der Waals surface area contributed by atoms with Crippen molar-refractivity contribution in [1.29, 1.82) is 0 Å². The summed E-state index contributed by atoms with van der Waals surface area (Å²) in [7, 11) is 0. The third-order valence-corrected chi connectivity index (χ3v) is 13.9. The topological polar surface area (TPSA) is 3.24 Å². The molecule has 0 N–H and O–H groups in total. The van der Waals surface area contributed by atoms with Gasteiger partial charge in [0.05, 0.1) is 5.69 Å². The minimum atomic E-state index is -0.0447. The van der Waals surface area contributed by atoms with Crippen LogP contribution in [0.2, 0.25) is 0 Å². The molecular weight excluding hydrogens is 747 g/mol. The minimum absolute atomic E-state index is 0.0447. The van der Waals surface area contributed by atoms with Crippen LogP contribution in [0.5, 0.6) is 0 Å². The van der Waals surface area contributed by atoms with Gasteiger partial charge in [0.2, 0.25) is 0 Å². The number of anilines is 3. The van der Waals surface area contributed by atoms with Gasteiger partial charge in [-0.1, -0.05) is 203 Å². The highest BCUT2D eigenvalue weighted by Crippen LogP contribution is 2.50. The Labute approximate surface area is 367 Å². The van der Waals surface area contributed by atoms with Crippen molar-refractivity contribution in [3.63, 3.8) is 0 Å². The van der Waals surface area contributed by atoms with Crippen molar-refractivity contribution in [3.8, 4) is 55.6 Å². The summed E-state index contributed by atoms with van der Waals surface area (Å²) >= 11 is 0. The zero-order valence-electron chi connectivity index (χ0n) is 35.7. The summed E-state index contributed by atoms with van der Waals surface area (Å²) in [4.78, 5) is 2.46. The molecule has 2 aliphatic carbocycles. The lowest BCUT2D eigenvalue weighted by Gasteiger charge is -2.29. The standard InChI is InChI=1S/C61H51N/c1-61(2)57-25-11-9-21-53(57)54-40-35-49(41-58(54)61)46-33-38-51(39-34-46)62(50-36-31-45(32-37-50)44-29-27-43(28-30-44)42-15-5-3-6-16-42)59-26-12-10-22-55(59)56-24-14-20-48-19-13-23-52(60(48)56)47-17-7-4-8-18-47/h3,5-6,9-16,19-41,47H,4,7-8,17-18H2,1-2H3. The number of hydrogen-bond donors (Lipinski definition) is 0. The first kappa shape index (κ1) is 38.0. The third kappa shape index (κ3) is 6.73. The maximum atomic E-state index is 2.46. The Morgan fingerprint density at radius 1 is 0.387 bits per heavy atom. The van der Waals surface area contributed by atoms with Gasteiger partial charge in [0.15, 0.2) is 0 Å². The largest absolute Gasteiger partial charge is 0.310 e. The van der Waals surface area contributed by atoms with Crippen LogP contribution in [0.4, 0.5) is 17.1 Å². The number of rotatable bonds is 8. The summed E-state index contributed by atoms with van der Waals surface area (Å²) in [6.45, 7) is 4.72. The van der Waals surface area contributed by atoms with Crippen LogP contribution in [0, 0.1) is 0 Å². The van der Waals surface area contributed by atoms with Crippen molar-refractivity contribution in [2.75, 3.05) is 4.90 Å². The molecule has 0 amide bonds. The molecule has 0 heterocycles. The molecule has 0 radical (unpaired) electrons. The fraction of sp³-hybridized carbons (Fsp3) is 0.148. The molecule has 2 aliphatic rings. The highest BCUT2D eigenvalue weighted by molar-refractivity contribution is 6.03. The van der Waals surface area contributed by atoms with Crippen molar-refractivity contribution in [2.45, 2.75) is 57.3 Å². The van der Waals surface area contributed by atoms with E-state index in [9.17, 15) is 0 Å². The molecule has 9 aromatic carbocycles. The molecule has 0 spiro atoms. The Kier molecular flexibility index (Phi) is 9.69. The van der Waals surface area contributed by atoms with E-state index < -0.39 is 0 Å². The molecule has 0 aromatic heterocycles. The Balaban J connectivity index is 1.01. The van der Waals surface area contributed by atoms with Crippen LogP contribution in [-0.2, 0) is 5.41 Å². The van der Waals surface area contributed by atoms with Gasteiger partial charge < -0.3 is 4.90 Å². The lowest BCUT2D eigenvalue weighted by Crippen LogP contribution is -2.14. The van der Waals surface area contributed by atoms with Gasteiger partial charge in [-0.25, -0.2) is 0 Å². The molecule has 0 aliphatic heterocycles. The van der Waals surface area contributed by atoms with Crippen molar-refractivity contribution in [3.05, 3.63) is 223 Å². The van der Waals surface area contributed by atoms with E-state index in [4.69, 9.17) is 0 Å². The molecule has 1 heteroatoms. The lowest BCUT2D eigenvalue weighted by atomic mass is 9.80. The molecule has 11 rings (SSSR count). The highest BCUT2D eigenvalue weighted by atomic mass is 15.1. The molecule has 62 heavy (non-hydrogen) atoms. The summed E-state index contributed by atoms with van der Waals surface area (Å²) in [5, 5.41) is 2.72. The maximum absolute atomic E-state index is 2.46. The second kappa shape index (κ2) is 15.8. The van der Waals surface area contributed by atoms with Gasteiger partial charge in [-0.2, -0.15) is 0 Å². The van der Waals surface area contributed by atoms with Gasteiger partial charge in [-0.3, -0.25) is 0 Å². The van der Waals surface area contributed by atoms with Gasteiger partial charge in [-0.05, 0) is 133 Å². The normalized spacial score (nSPS) is 14.4. The molecule has 1 fully saturated rings. The lowest BCUT2D eigenvalue weighted by molar-refractivity contribution is 0.445. The van der Waals surface area contributed by atoms with Crippen molar-refractivity contribution in [1.82, 2.24) is 0 Å². The Morgan fingerprint density at radius 3 is 1.56 bits per heavy atom. The highest BCUT2D eigenvalue weighted by Gasteiger charge is 2.35. The van der Waals surface area contributed by atoms with E-state index in [0.29, 0.717) is 5.92 Å². The summed E-state index contributed by atoms with van der Waals surface area (Å²) in [5.74, 6) is 0.595. The second-order valence-corrected chi connectivity index (χ2v) is 17.9. The molecular formula is C61H51N. The first-order valence-corrected chi connectivity index (χ1v) is 22.5. The van der Waals surface area contributed by atoms with Crippen LogP contribution in [0.15, 0.2) is 206 Å². The zero-order chi connectivity index (χ0) is 41.6. The first-order chi connectivity index (χ1) is 30.5. The Hall–Kier alpha value is -6.96. The number of hydrogen-bond acceptors (Lipinski definition) is 1. The summed E-state index contributed by atoms with van der Waals surface area (Å²) < 4.78 is 0. The van der Waals surface area contributed by atoms with E-state index in [1.54, 1.807) is 0 Å². The van der Waals surface area contributed by atoms with Crippen LogP contribution in [0.25, 0.3) is 66.4 Å². The Morgan fingerprint density at radius 2 is 0.887 bits per heavy atom. The first-order valence-electron chi connectivity index (χ1n) is 22.5. The van der Waals surface area contributed by atoms with Crippen molar-refractivity contribution in [2.24, 2.45) is 0 Å². The molecule has 0 bridgehead atoms. The number of fused-ring (bicyclic) bond motifs is 4. The number of para-hydroxylation sites is 1. The van der Waals surface area contributed by atoms with E-state index >= 15 is 0 Å². The van der Waals surface area contributed by atoms with E-state index in [2.05, 4.69) is 225 Å². The SMILES string of the molecule is CC1(C)c2ccccc2-c2ccc(-c3ccc(N(c4ccc(-c5ccc(-c6ccccc6)cc5)cc4)c4ccccc4-c4cccc5cccc(C6CCCCC6)c45)cc3)cc21. The van der Waals surface area contributed by atoms with Crippen LogP contribution in [0.3, 0.4) is 0 Å².